The van der Waals surface area contributed by atoms with E-state index >= 15 is 0 Å². The van der Waals surface area contributed by atoms with E-state index in [0.29, 0.717) is 5.56 Å². The number of nitrogens with zero attached hydrogens (tertiary/aromatic N) is 1. The molecule has 1 aromatic heterocycles. The molecule has 0 N–H and O–H groups in total. The zero-order valence-corrected chi connectivity index (χ0v) is 10.5. The fourth-order valence-electron chi connectivity index (χ4n) is 1.18. The number of thiazole rings is 1. The predicted octanol–water partition coefficient (Wildman–Crippen LogP) is 3.32. The van der Waals surface area contributed by atoms with Crippen LogP contribution in [0.4, 0.5) is 0 Å². The van der Waals surface area contributed by atoms with Crippen molar-refractivity contribution in [2.45, 2.75) is 0 Å². The van der Waals surface area contributed by atoms with Crippen molar-refractivity contribution >= 4 is 40.3 Å². The third-order valence-corrected chi connectivity index (χ3v) is 2.91. The highest BCUT2D eigenvalue weighted by molar-refractivity contribution is 14.1. The lowest BCUT2D eigenvalue weighted by atomic mass is 10.1. The van der Waals surface area contributed by atoms with Crippen molar-refractivity contribution in [2.24, 2.45) is 0 Å². The molecule has 3 nitrogen and oxygen atoms in total. The molecule has 0 amide bonds. The van der Waals surface area contributed by atoms with E-state index in [2.05, 4.69) is 8.05 Å². The maximum absolute atomic E-state index is 11.2. The second-order valence-corrected chi connectivity index (χ2v) is 3.97. The van der Waals surface area contributed by atoms with Crippen LogP contribution in [0.25, 0.3) is 11.3 Å². The minimum absolute atomic E-state index is 0.333. The van der Waals surface area contributed by atoms with Crippen LogP contribution in [0, 0.1) is 0 Å². The molecular weight excluding hydrogens is 325 g/mol. The molecule has 0 atom stereocenters. The van der Waals surface area contributed by atoms with Crippen LogP contribution in [0.1, 0.15) is 10.4 Å². The van der Waals surface area contributed by atoms with E-state index in [1.165, 1.54) is 0 Å². The third kappa shape index (κ3) is 2.35. The third-order valence-electron chi connectivity index (χ3n) is 1.92. The Kier molecular flexibility index (Phi) is 3.32. The maximum Gasteiger partial charge on any atom is 0.347 e. The number of aromatic nitrogens is 1. The molecule has 0 aliphatic rings. The van der Waals surface area contributed by atoms with Crippen molar-refractivity contribution in [1.82, 2.24) is 4.98 Å². The topological polar surface area (TPSA) is 39.2 Å². The first-order valence-electron chi connectivity index (χ1n) is 4.13. The Morgan fingerprint density at radius 1 is 1.33 bits per heavy atom. The number of carbonyl (C=O) groups excluding carboxylic acids is 1. The van der Waals surface area contributed by atoms with Crippen LogP contribution in [0.5, 0.6) is 0 Å². The summed E-state index contributed by atoms with van der Waals surface area (Å²) in [7, 11) is 0. The Balaban J connectivity index is 2.29. The molecule has 0 saturated carbocycles. The minimum Gasteiger partial charge on any atom is -0.391 e. The van der Waals surface area contributed by atoms with Gasteiger partial charge in [-0.05, 0) is 12.1 Å². The SMILES string of the molecule is O=C(OI)c1ccc(-c2cscn2)cc1. The molecule has 0 bridgehead atoms. The quantitative estimate of drug-likeness (QED) is 0.793. The van der Waals surface area contributed by atoms with E-state index in [9.17, 15) is 4.79 Å². The van der Waals surface area contributed by atoms with E-state index in [4.69, 9.17) is 0 Å². The van der Waals surface area contributed by atoms with Crippen molar-refractivity contribution < 1.29 is 7.86 Å². The smallest absolute Gasteiger partial charge is 0.347 e. The van der Waals surface area contributed by atoms with Crippen LogP contribution in [0.3, 0.4) is 0 Å². The molecule has 0 fully saturated rings. The molecule has 2 aromatic rings. The molecular formula is C10H6INO2S. The largest absolute Gasteiger partial charge is 0.391 e. The summed E-state index contributed by atoms with van der Waals surface area (Å²) < 4.78 is 4.58. The van der Waals surface area contributed by atoms with Gasteiger partial charge >= 0.3 is 5.97 Å². The van der Waals surface area contributed by atoms with Gasteiger partial charge in [-0.2, -0.15) is 0 Å². The molecule has 0 aliphatic carbocycles. The van der Waals surface area contributed by atoms with E-state index in [1.807, 2.05) is 17.5 Å². The van der Waals surface area contributed by atoms with Crippen molar-refractivity contribution in [3.63, 3.8) is 0 Å². The summed E-state index contributed by atoms with van der Waals surface area (Å²) in [6.07, 6.45) is 0. The average Bonchev–Trinajstić information content (AvgIpc) is 2.82. The summed E-state index contributed by atoms with van der Waals surface area (Å²) in [4.78, 5) is 15.3. The van der Waals surface area contributed by atoms with Gasteiger partial charge in [-0.3, -0.25) is 0 Å². The summed E-state index contributed by atoms with van der Waals surface area (Å²) in [6, 6.07) is 7.18. The number of carbonyl (C=O) groups is 1. The van der Waals surface area contributed by atoms with Gasteiger partial charge in [-0.25, -0.2) is 9.78 Å². The first-order chi connectivity index (χ1) is 7.31. The number of hydrogen-bond donors (Lipinski definition) is 0. The fraction of sp³-hybridized carbons (Fsp3) is 0. The van der Waals surface area contributed by atoms with Crippen molar-refractivity contribution in [1.29, 1.82) is 0 Å². The zero-order chi connectivity index (χ0) is 10.7. The predicted molar refractivity (Wildman–Crippen MR) is 67.0 cm³/mol. The molecule has 0 radical (unpaired) electrons. The number of hydrogen-bond acceptors (Lipinski definition) is 4. The van der Waals surface area contributed by atoms with Crippen LogP contribution in [-0.4, -0.2) is 11.0 Å². The fourth-order valence-corrected chi connectivity index (χ4v) is 1.99. The Bertz CT molecular complexity index is 453. The van der Waals surface area contributed by atoms with Gasteiger partial charge in [0, 0.05) is 10.9 Å². The van der Waals surface area contributed by atoms with Gasteiger partial charge < -0.3 is 3.07 Å². The molecule has 5 heteroatoms. The second kappa shape index (κ2) is 4.71. The number of halogens is 1. The van der Waals surface area contributed by atoms with Gasteiger partial charge in [0.1, 0.15) is 0 Å². The Hall–Kier alpha value is -0.950. The highest BCUT2D eigenvalue weighted by Crippen LogP contribution is 2.19. The van der Waals surface area contributed by atoms with Crippen LogP contribution < -0.4 is 0 Å². The van der Waals surface area contributed by atoms with Crippen molar-refractivity contribution in [3.8, 4) is 11.3 Å². The van der Waals surface area contributed by atoms with Crippen LogP contribution in [0.2, 0.25) is 0 Å². The van der Waals surface area contributed by atoms with Crippen molar-refractivity contribution in [2.75, 3.05) is 0 Å². The van der Waals surface area contributed by atoms with E-state index in [0.717, 1.165) is 11.3 Å². The molecule has 0 unspecified atom stereocenters. The van der Waals surface area contributed by atoms with Gasteiger partial charge in [0.15, 0.2) is 23.0 Å². The molecule has 2 rings (SSSR count). The standard InChI is InChI=1S/C10H6INO2S/c11-14-10(13)8-3-1-7(2-4-8)9-5-15-6-12-9/h1-6H. The lowest BCUT2D eigenvalue weighted by Crippen LogP contribution is -1.96. The zero-order valence-electron chi connectivity index (χ0n) is 7.51. The Labute approximate surface area is 105 Å². The molecule has 0 spiro atoms. The lowest BCUT2D eigenvalue weighted by molar-refractivity contribution is 0.0800. The number of rotatable bonds is 2. The molecule has 0 aliphatic heterocycles. The van der Waals surface area contributed by atoms with Crippen LogP contribution in [0.15, 0.2) is 35.2 Å². The Morgan fingerprint density at radius 2 is 2.07 bits per heavy atom. The van der Waals surface area contributed by atoms with Gasteiger partial charge in [-0.1, -0.05) is 12.1 Å². The lowest BCUT2D eigenvalue weighted by Gasteiger charge is -1.99. The average molecular weight is 331 g/mol. The van der Waals surface area contributed by atoms with Gasteiger partial charge in [-0.15, -0.1) is 11.3 Å². The molecule has 1 heterocycles. The van der Waals surface area contributed by atoms with Crippen LogP contribution in [-0.2, 0) is 3.07 Å². The molecule has 0 saturated heterocycles. The summed E-state index contributed by atoms with van der Waals surface area (Å²) in [5.41, 5.74) is 4.25. The highest BCUT2D eigenvalue weighted by atomic mass is 127. The first kappa shape index (κ1) is 10.6. The van der Waals surface area contributed by atoms with Gasteiger partial charge in [0.2, 0.25) is 0 Å². The minimum atomic E-state index is -0.333. The highest BCUT2D eigenvalue weighted by Gasteiger charge is 2.06. The van der Waals surface area contributed by atoms with Crippen molar-refractivity contribution in [3.05, 3.63) is 40.7 Å². The van der Waals surface area contributed by atoms with E-state index < -0.39 is 0 Å². The maximum atomic E-state index is 11.2. The monoisotopic (exact) mass is 331 g/mol. The van der Waals surface area contributed by atoms with Crippen LogP contribution >= 0.6 is 34.3 Å². The summed E-state index contributed by atoms with van der Waals surface area (Å²) in [6.45, 7) is 0. The molecule has 76 valence electrons. The Morgan fingerprint density at radius 3 is 2.60 bits per heavy atom. The van der Waals surface area contributed by atoms with Gasteiger partial charge in [0.05, 0.1) is 16.8 Å². The number of benzene rings is 1. The first-order valence-corrected chi connectivity index (χ1v) is 5.95. The second-order valence-electron chi connectivity index (χ2n) is 2.82. The summed E-state index contributed by atoms with van der Waals surface area (Å²) >= 11 is 3.12. The molecule has 15 heavy (non-hydrogen) atoms. The van der Waals surface area contributed by atoms with E-state index in [1.54, 1.807) is 52.0 Å². The van der Waals surface area contributed by atoms with Gasteiger partial charge in [0.25, 0.3) is 0 Å². The summed E-state index contributed by atoms with van der Waals surface area (Å²) in [5.74, 6) is -0.333. The normalized spacial score (nSPS) is 9.93. The summed E-state index contributed by atoms with van der Waals surface area (Å²) in [5, 5.41) is 1.96. The molecule has 1 aromatic carbocycles. The van der Waals surface area contributed by atoms with E-state index in [-0.39, 0.29) is 5.97 Å².